The summed E-state index contributed by atoms with van der Waals surface area (Å²) in [6.07, 6.45) is -10.6. The van der Waals surface area contributed by atoms with Crippen LogP contribution in [0.25, 0.3) is 0 Å². The van der Waals surface area contributed by atoms with Crippen molar-refractivity contribution in [2.75, 3.05) is 7.11 Å². The van der Waals surface area contributed by atoms with Gasteiger partial charge < -0.3 is 4.74 Å². The van der Waals surface area contributed by atoms with E-state index in [-0.39, 0.29) is 9.64 Å². The summed E-state index contributed by atoms with van der Waals surface area (Å²) < 4.78 is 80.0. The van der Waals surface area contributed by atoms with Gasteiger partial charge >= 0.3 is 18.3 Å². The molecular weight excluding hydrogens is 405 g/mol. The van der Waals surface area contributed by atoms with Gasteiger partial charge in [0, 0.05) is 3.57 Å². The first-order valence-electron chi connectivity index (χ1n) is 5.00. The highest BCUT2D eigenvalue weighted by Crippen LogP contribution is 2.39. The Balaban J connectivity index is 3.47. The molecule has 1 aromatic rings. The molecule has 20 heavy (non-hydrogen) atoms. The molecule has 0 amide bonds. The van der Waals surface area contributed by atoms with Gasteiger partial charge in [-0.15, -0.1) is 0 Å². The number of halogens is 7. The van der Waals surface area contributed by atoms with Crippen LogP contribution in [0.2, 0.25) is 0 Å². The topological polar surface area (TPSA) is 26.3 Å². The zero-order chi connectivity index (χ0) is 15.7. The first kappa shape index (κ1) is 17.1. The Labute approximate surface area is 123 Å². The Bertz CT molecular complexity index is 521. The van der Waals surface area contributed by atoms with Crippen molar-refractivity contribution in [2.45, 2.75) is 18.8 Å². The van der Waals surface area contributed by atoms with Crippen molar-refractivity contribution in [2.24, 2.45) is 0 Å². The van der Waals surface area contributed by atoms with E-state index in [0.717, 1.165) is 7.11 Å². The number of carbonyl (C=O) groups excluding carboxylic acids is 1. The summed E-state index contributed by atoms with van der Waals surface area (Å²) >= 11 is 1.33. The number of benzene rings is 1. The van der Waals surface area contributed by atoms with Crippen molar-refractivity contribution < 1.29 is 35.9 Å². The third-order valence-corrected chi connectivity index (χ3v) is 3.34. The molecule has 0 spiro atoms. The first-order chi connectivity index (χ1) is 8.96. The lowest BCUT2D eigenvalue weighted by Crippen LogP contribution is -2.17. The molecule has 0 saturated heterocycles. The molecule has 0 fully saturated rings. The van der Waals surface area contributed by atoms with Crippen molar-refractivity contribution in [3.8, 4) is 0 Å². The number of hydrogen-bond donors (Lipinski definition) is 0. The summed E-state index contributed by atoms with van der Waals surface area (Å²) in [6, 6.07) is 0.564. The maximum absolute atomic E-state index is 12.8. The van der Waals surface area contributed by atoms with E-state index in [2.05, 4.69) is 4.74 Å². The van der Waals surface area contributed by atoms with Crippen LogP contribution in [0.1, 0.15) is 16.7 Å². The molecule has 0 aliphatic rings. The molecule has 9 heteroatoms. The molecule has 0 aromatic heterocycles. The zero-order valence-electron chi connectivity index (χ0n) is 9.82. The van der Waals surface area contributed by atoms with E-state index in [9.17, 15) is 31.1 Å². The quantitative estimate of drug-likeness (QED) is 0.417. The van der Waals surface area contributed by atoms with E-state index < -0.39 is 41.4 Å². The van der Waals surface area contributed by atoms with Gasteiger partial charge in [0.15, 0.2) is 0 Å². The third kappa shape index (κ3) is 4.00. The summed E-state index contributed by atoms with van der Waals surface area (Å²) in [5.74, 6) is -0.965. The van der Waals surface area contributed by atoms with Gasteiger partial charge in [-0.1, -0.05) is 0 Å². The molecule has 2 nitrogen and oxygen atoms in total. The van der Waals surface area contributed by atoms with E-state index in [0.29, 0.717) is 6.07 Å². The monoisotopic (exact) mass is 412 g/mol. The van der Waals surface area contributed by atoms with Crippen LogP contribution in [0.4, 0.5) is 26.3 Å². The van der Waals surface area contributed by atoms with Gasteiger partial charge in [-0.05, 0) is 40.3 Å². The fourth-order valence-corrected chi connectivity index (χ4v) is 2.27. The molecule has 0 bridgehead atoms. The van der Waals surface area contributed by atoms with E-state index in [1.54, 1.807) is 0 Å². The smallest absolute Gasteiger partial charge is 0.416 e. The van der Waals surface area contributed by atoms with E-state index >= 15 is 0 Å². The Hall–Kier alpha value is -1.00. The second-order valence-electron chi connectivity index (χ2n) is 3.73. The summed E-state index contributed by atoms with van der Waals surface area (Å²) in [6.45, 7) is 0. The highest BCUT2D eigenvalue weighted by molar-refractivity contribution is 14.1. The molecule has 0 atom stereocenters. The third-order valence-electron chi connectivity index (χ3n) is 2.38. The van der Waals surface area contributed by atoms with Crippen LogP contribution < -0.4 is 0 Å². The first-order valence-corrected chi connectivity index (χ1v) is 6.08. The van der Waals surface area contributed by atoms with E-state index in [1.807, 2.05) is 0 Å². The Morgan fingerprint density at radius 1 is 1.15 bits per heavy atom. The molecule has 0 unspecified atom stereocenters. The second kappa shape index (κ2) is 5.78. The summed E-state index contributed by atoms with van der Waals surface area (Å²) in [5, 5.41) is 0. The molecule has 0 aliphatic carbocycles. The maximum Gasteiger partial charge on any atom is 0.416 e. The molecular formula is C11H7F6IO2. The van der Waals surface area contributed by atoms with Crippen molar-refractivity contribution in [1.29, 1.82) is 0 Å². The van der Waals surface area contributed by atoms with Crippen LogP contribution in [0, 0.1) is 3.57 Å². The molecule has 0 aliphatic heterocycles. The Kier molecular flexibility index (Phi) is 4.93. The molecule has 0 saturated carbocycles. The van der Waals surface area contributed by atoms with Crippen LogP contribution >= 0.6 is 22.6 Å². The van der Waals surface area contributed by atoms with Gasteiger partial charge in [-0.2, -0.15) is 26.3 Å². The highest BCUT2D eigenvalue weighted by Gasteiger charge is 2.39. The number of ether oxygens (including phenoxy) is 1. The van der Waals surface area contributed by atoms with Crippen LogP contribution in [-0.2, 0) is 28.3 Å². The van der Waals surface area contributed by atoms with Crippen molar-refractivity contribution in [3.05, 3.63) is 32.4 Å². The minimum absolute atomic E-state index is 0.000431. The van der Waals surface area contributed by atoms with Crippen molar-refractivity contribution >= 4 is 28.6 Å². The summed E-state index contributed by atoms with van der Waals surface area (Å²) in [7, 11) is 0.979. The van der Waals surface area contributed by atoms with Gasteiger partial charge in [-0.3, -0.25) is 4.79 Å². The predicted octanol–water partition coefficient (Wildman–Crippen LogP) is 4.04. The SMILES string of the molecule is COC(=O)Cc1c(I)cc(C(F)(F)F)cc1C(F)(F)F. The minimum atomic E-state index is -5.00. The molecule has 0 heterocycles. The minimum Gasteiger partial charge on any atom is -0.469 e. The van der Waals surface area contributed by atoms with Gasteiger partial charge in [0.2, 0.25) is 0 Å². The van der Waals surface area contributed by atoms with E-state index in [1.165, 1.54) is 22.6 Å². The van der Waals surface area contributed by atoms with Gasteiger partial charge in [0.25, 0.3) is 0 Å². The van der Waals surface area contributed by atoms with Gasteiger partial charge in [-0.25, -0.2) is 0 Å². The van der Waals surface area contributed by atoms with Crippen molar-refractivity contribution in [3.63, 3.8) is 0 Å². The maximum atomic E-state index is 12.8. The van der Waals surface area contributed by atoms with E-state index in [4.69, 9.17) is 0 Å². The lowest BCUT2D eigenvalue weighted by atomic mass is 10.0. The number of esters is 1. The van der Waals surface area contributed by atoms with Crippen LogP contribution in [0.3, 0.4) is 0 Å². The standard InChI is InChI=1S/C11H7F6IO2/c1-20-9(19)4-6-7(11(15,16)17)2-5(3-8(6)18)10(12,13)14/h2-3H,4H2,1H3. The highest BCUT2D eigenvalue weighted by atomic mass is 127. The lowest BCUT2D eigenvalue weighted by Gasteiger charge is -2.17. The molecule has 0 N–H and O–H groups in total. The lowest BCUT2D eigenvalue weighted by molar-refractivity contribution is -0.144. The Morgan fingerprint density at radius 3 is 2.10 bits per heavy atom. The average Bonchev–Trinajstić information content (AvgIpc) is 2.28. The van der Waals surface area contributed by atoms with Gasteiger partial charge in [0.1, 0.15) is 0 Å². The Morgan fingerprint density at radius 2 is 1.70 bits per heavy atom. The molecule has 0 radical (unpaired) electrons. The predicted molar refractivity (Wildman–Crippen MR) is 64.9 cm³/mol. The van der Waals surface area contributed by atoms with Gasteiger partial charge in [0.05, 0.1) is 24.7 Å². The van der Waals surface area contributed by atoms with Crippen molar-refractivity contribution in [1.82, 2.24) is 0 Å². The molecule has 112 valence electrons. The van der Waals surface area contributed by atoms with Crippen LogP contribution in [0.15, 0.2) is 12.1 Å². The summed E-state index contributed by atoms with van der Waals surface area (Å²) in [4.78, 5) is 11.1. The number of rotatable bonds is 2. The number of alkyl halides is 6. The largest absolute Gasteiger partial charge is 0.469 e. The number of carbonyl (C=O) groups is 1. The second-order valence-corrected chi connectivity index (χ2v) is 4.89. The van der Waals surface area contributed by atoms with Crippen LogP contribution in [0.5, 0.6) is 0 Å². The molecule has 1 rings (SSSR count). The zero-order valence-corrected chi connectivity index (χ0v) is 12.0. The fraction of sp³-hybridized carbons (Fsp3) is 0.364. The fourth-order valence-electron chi connectivity index (χ4n) is 1.45. The normalized spacial score (nSPS) is 12.4. The number of methoxy groups -OCH3 is 1. The van der Waals surface area contributed by atoms with Crippen LogP contribution in [-0.4, -0.2) is 13.1 Å². The number of hydrogen-bond acceptors (Lipinski definition) is 2. The molecule has 1 aromatic carbocycles. The summed E-state index contributed by atoms with van der Waals surface area (Å²) in [5.41, 5.74) is -3.43. The average molecular weight is 412 g/mol.